The van der Waals surface area contributed by atoms with E-state index in [2.05, 4.69) is 28.7 Å². The monoisotopic (exact) mass is 178 g/mol. The van der Waals surface area contributed by atoms with Crippen LogP contribution < -0.4 is 5.32 Å². The molecule has 2 nitrogen and oxygen atoms in total. The topological polar surface area (TPSA) is 24.9 Å². The first-order chi connectivity index (χ1) is 5.92. The lowest BCUT2D eigenvalue weighted by atomic mass is 10.3. The van der Waals surface area contributed by atoms with Gasteiger partial charge in [-0.1, -0.05) is 0 Å². The summed E-state index contributed by atoms with van der Waals surface area (Å²) in [6, 6.07) is 4.14. The Morgan fingerprint density at radius 1 is 1.50 bits per heavy atom. The molecule has 2 aromatic rings. The Hall–Kier alpha value is -1.09. The van der Waals surface area contributed by atoms with Crippen molar-refractivity contribution in [2.24, 2.45) is 0 Å². The van der Waals surface area contributed by atoms with Crippen LogP contribution in [0.5, 0.6) is 0 Å². The number of thiophene rings is 1. The minimum atomic E-state index is 0.919. The predicted octanol–water partition coefficient (Wildman–Crippen LogP) is 2.73. The molecular formula is C9H10N2S. The number of hydrogen-bond donors (Lipinski definition) is 1. The van der Waals surface area contributed by atoms with Crippen molar-refractivity contribution in [2.75, 3.05) is 11.9 Å². The summed E-state index contributed by atoms with van der Waals surface area (Å²) in [4.78, 5) is 4.26. The molecule has 0 radical (unpaired) electrons. The Balaban J connectivity index is 2.57. The van der Waals surface area contributed by atoms with Crippen LogP contribution >= 0.6 is 11.3 Å². The first-order valence-corrected chi connectivity index (χ1v) is 4.86. The number of hydrogen-bond acceptors (Lipinski definition) is 3. The van der Waals surface area contributed by atoms with Crippen LogP contribution in [0.25, 0.3) is 10.1 Å². The second-order valence-electron chi connectivity index (χ2n) is 2.52. The third-order valence-electron chi connectivity index (χ3n) is 1.72. The fourth-order valence-corrected chi connectivity index (χ4v) is 1.98. The Labute approximate surface area is 75.3 Å². The van der Waals surface area contributed by atoms with E-state index in [4.69, 9.17) is 0 Å². The maximum absolute atomic E-state index is 4.26. The number of nitrogens with zero attached hydrogens (tertiary/aromatic N) is 1. The molecule has 0 amide bonds. The maximum Gasteiger partial charge on any atom is 0.134 e. The molecule has 1 N–H and O–H groups in total. The molecule has 0 saturated heterocycles. The third kappa shape index (κ3) is 1.16. The van der Waals surface area contributed by atoms with Gasteiger partial charge in [-0.15, -0.1) is 11.3 Å². The Morgan fingerprint density at radius 3 is 3.25 bits per heavy atom. The number of aromatic nitrogens is 1. The van der Waals surface area contributed by atoms with Gasteiger partial charge in [0.2, 0.25) is 0 Å². The van der Waals surface area contributed by atoms with Crippen molar-refractivity contribution in [1.82, 2.24) is 4.98 Å². The molecule has 0 aliphatic heterocycles. The summed E-state index contributed by atoms with van der Waals surface area (Å²) in [6.07, 6.45) is 1.84. The summed E-state index contributed by atoms with van der Waals surface area (Å²) in [7, 11) is 0. The highest BCUT2D eigenvalue weighted by molar-refractivity contribution is 7.17. The van der Waals surface area contributed by atoms with Crippen LogP contribution in [0.2, 0.25) is 0 Å². The number of fused-ring (bicyclic) bond motifs is 1. The molecular weight excluding hydrogens is 168 g/mol. The highest BCUT2D eigenvalue weighted by Crippen LogP contribution is 2.25. The second kappa shape index (κ2) is 3.11. The molecule has 0 fully saturated rings. The van der Waals surface area contributed by atoms with Crippen LogP contribution in [0.15, 0.2) is 23.7 Å². The molecule has 0 aliphatic rings. The van der Waals surface area contributed by atoms with Gasteiger partial charge in [0, 0.05) is 22.8 Å². The smallest absolute Gasteiger partial charge is 0.134 e. The Bertz CT molecular complexity index is 381. The van der Waals surface area contributed by atoms with Gasteiger partial charge in [0.1, 0.15) is 5.82 Å². The quantitative estimate of drug-likeness (QED) is 0.764. The lowest BCUT2D eigenvalue weighted by molar-refractivity contribution is 1.17. The van der Waals surface area contributed by atoms with Gasteiger partial charge >= 0.3 is 0 Å². The van der Waals surface area contributed by atoms with Crippen LogP contribution in [-0.4, -0.2) is 11.5 Å². The Kier molecular flexibility index (Phi) is 1.96. The summed E-state index contributed by atoms with van der Waals surface area (Å²) in [5, 5.41) is 6.55. The molecule has 2 aromatic heterocycles. The van der Waals surface area contributed by atoms with Crippen LogP contribution in [-0.2, 0) is 0 Å². The number of rotatable bonds is 2. The van der Waals surface area contributed by atoms with Crippen LogP contribution in [0, 0.1) is 0 Å². The van der Waals surface area contributed by atoms with Crippen LogP contribution in [0.1, 0.15) is 6.92 Å². The molecule has 0 saturated carbocycles. The lowest BCUT2D eigenvalue weighted by Crippen LogP contribution is -1.98. The number of nitrogens with one attached hydrogen (secondary N) is 1. The Morgan fingerprint density at radius 2 is 2.42 bits per heavy atom. The SMILES string of the molecule is CCNc1nccc2sccc12. The van der Waals surface area contributed by atoms with Gasteiger partial charge in [-0.3, -0.25) is 0 Å². The van der Waals surface area contributed by atoms with Crippen molar-refractivity contribution in [1.29, 1.82) is 0 Å². The van der Waals surface area contributed by atoms with E-state index >= 15 is 0 Å². The summed E-state index contributed by atoms with van der Waals surface area (Å²) in [5.74, 6) is 0.997. The number of anilines is 1. The van der Waals surface area contributed by atoms with Crippen molar-refractivity contribution >= 4 is 27.2 Å². The number of pyridine rings is 1. The largest absolute Gasteiger partial charge is 0.370 e. The summed E-state index contributed by atoms with van der Waals surface area (Å²) >= 11 is 1.75. The summed E-state index contributed by atoms with van der Waals surface area (Å²) in [6.45, 7) is 2.99. The van der Waals surface area contributed by atoms with E-state index in [0.29, 0.717) is 0 Å². The van der Waals surface area contributed by atoms with Gasteiger partial charge in [0.25, 0.3) is 0 Å². The second-order valence-corrected chi connectivity index (χ2v) is 3.47. The molecule has 0 atom stereocenters. The normalized spacial score (nSPS) is 10.4. The minimum Gasteiger partial charge on any atom is -0.370 e. The molecule has 3 heteroatoms. The molecule has 0 unspecified atom stereocenters. The average Bonchev–Trinajstić information content (AvgIpc) is 2.53. The van der Waals surface area contributed by atoms with E-state index in [1.807, 2.05) is 12.3 Å². The molecule has 2 heterocycles. The maximum atomic E-state index is 4.26. The zero-order valence-corrected chi connectivity index (χ0v) is 7.69. The van der Waals surface area contributed by atoms with Crippen molar-refractivity contribution < 1.29 is 0 Å². The van der Waals surface area contributed by atoms with Gasteiger partial charge in [-0.2, -0.15) is 0 Å². The summed E-state index contributed by atoms with van der Waals surface area (Å²) < 4.78 is 1.29. The molecule has 62 valence electrons. The van der Waals surface area contributed by atoms with E-state index in [0.717, 1.165) is 12.4 Å². The fraction of sp³-hybridized carbons (Fsp3) is 0.222. The van der Waals surface area contributed by atoms with Gasteiger partial charge < -0.3 is 5.32 Å². The van der Waals surface area contributed by atoms with Crippen molar-refractivity contribution in [3.8, 4) is 0 Å². The third-order valence-corrected chi connectivity index (χ3v) is 2.61. The van der Waals surface area contributed by atoms with E-state index in [9.17, 15) is 0 Å². The van der Waals surface area contributed by atoms with Gasteiger partial charge in [0.15, 0.2) is 0 Å². The average molecular weight is 178 g/mol. The first-order valence-electron chi connectivity index (χ1n) is 3.98. The highest BCUT2D eigenvalue weighted by atomic mass is 32.1. The predicted molar refractivity (Wildman–Crippen MR) is 53.8 cm³/mol. The molecule has 2 rings (SSSR count). The molecule has 12 heavy (non-hydrogen) atoms. The van der Waals surface area contributed by atoms with E-state index in [1.54, 1.807) is 11.3 Å². The molecule has 0 spiro atoms. The molecule has 0 aliphatic carbocycles. The molecule has 0 aromatic carbocycles. The van der Waals surface area contributed by atoms with E-state index in [1.165, 1.54) is 10.1 Å². The van der Waals surface area contributed by atoms with Gasteiger partial charge in [0.05, 0.1) is 0 Å². The first kappa shape index (κ1) is 7.55. The van der Waals surface area contributed by atoms with Gasteiger partial charge in [-0.25, -0.2) is 4.98 Å². The zero-order chi connectivity index (χ0) is 8.39. The van der Waals surface area contributed by atoms with E-state index < -0.39 is 0 Å². The van der Waals surface area contributed by atoms with E-state index in [-0.39, 0.29) is 0 Å². The van der Waals surface area contributed by atoms with Crippen molar-refractivity contribution in [2.45, 2.75) is 6.92 Å². The van der Waals surface area contributed by atoms with Crippen LogP contribution in [0.3, 0.4) is 0 Å². The van der Waals surface area contributed by atoms with Gasteiger partial charge in [-0.05, 0) is 24.4 Å². The standard InChI is InChI=1S/C9H10N2S/c1-2-10-9-7-4-6-12-8(7)3-5-11-9/h3-6H,2H2,1H3,(H,10,11). The zero-order valence-electron chi connectivity index (χ0n) is 6.87. The minimum absolute atomic E-state index is 0.919. The fourth-order valence-electron chi connectivity index (χ4n) is 1.20. The lowest BCUT2D eigenvalue weighted by Gasteiger charge is -2.01. The molecule has 0 bridgehead atoms. The highest BCUT2D eigenvalue weighted by Gasteiger charge is 2.00. The van der Waals surface area contributed by atoms with Crippen molar-refractivity contribution in [3.05, 3.63) is 23.7 Å². The van der Waals surface area contributed by atoms with Crippen LogP contribution in [0.4, 0.5) is 5.82 Å². The van der Waals surface area contributed by atoms with Crippen molar-refractivity contribution in [3.63, 3.8) is 0 Å². The summed E-state index contributed by atoms with van der Waals surface area (Å²) in [5.41, 5.74) is 0.